The SMILES string of the molecule is COc1cccc(N2C(=O)NC(=O)[C@H](C=Nc3ccc(C)c(C)c3)C2=O)c1. The van der Waals surface area contributed by atoms with E-state index in [1.165, 1.54) is 13.3 Å². The smallest absolute Gasteiger partial charge is 0.335 e. The summed E-state index contributed by atoms with van der Waals surface area (Å²) < 4.78 is 5.13. The summed E-state index contributed by atoms with van der Waals surface area (Å²) in [6.45, 7) is 3.94. The van der Waals surface area contributed by atoms with Crippen LogP contribution in [0.4, 0.5) is 16.2 Å². The van der Waals surface area contributed by atoms with Gasteiger partial charge in [0.25, 0.3) is 5.91 Å². The van der Waals surface area contributed by atoms with Crippen LogP contribution < -0.4 is 15.0 Å². The van der Waals surface area contributed by atoms with Gasteiger partial charge < -0.3 is 4.74 Å². The quantitative estimate of drug-likeness (QED) is 0.666. The number of carbonyl (C=O) groups is 3. The van der Waals surface area contributed by atoms with Gasteiger partial charge in [-0.05, 0) is 49.2 Å². The molecule has 0 bridgehead atoms. The summed E-state index contributed by atoms with van der Waals surface area (Å²) in [6.07, 6.45) is 1.27. The van der Waals surface area contributed by atoms with Crippen LogP contribution in [0.2, 0.25) is 0 Å². The first kappa shape index (κ1) is 18.3. The highest BCUT2D eigenvalue weighted by Crippen LogP contribution is 2.25. The Morgan fingerprint density at radius 3 is 2.56 bits per heavy atom. The summed E-state index contributed by atoms with van der Waals surface area (Å²) in [5.41, 5.74) is 3.12. The second kappa shape index (κ2) is 7.41. The average Bonchev–Trinajstić information content (AvgIpc) is 2.64. The molecule has 0 spiro atoms. The van der Waals surface area contributed by atoms with Crippen molar-refractivity contribution < 1.29 is 19.1 Å². The maximum atomic E-state index is 12.8. The number of nitrogens with one attached hydrogen (secondary N) is 1. The topological polar surface area (TPSA) is 88.1 Å². The Hall–Kier alpha value is -3.48. The number of imide groups is 2. The minimum atomic E-state index is -1.20. The Kier molecular flexibility index (Phi) is 5.03. The predicted octanol–water partition coefficient (Wildman–Crippen LogP) is 2.91. The van der Waals surface area contributed by atoms with Crippen LogP contribution in [0.15, 0.2) is 47.5 Å². The molecule has 1 fully saturated rings. The van der Waals surface area contributed by atoms with Crippen molar-refractivity contribution >= 4 is 35.4 Å². The molecule has 0 saturated carbocycles. The third-order valence-electron chi connectivity index (χ3n) is 4.38. The molecular formula is C20H19N3O4. The van der Waals surface area contributed by atoms with Crippen LogP contribution in [0.1, 0.15) is 11.1 Å². The fourth-order valence-corrected chi connectivity index (χ4v) is 2.68. The molecule has 7 heteroatoms. The molecule has 7 nitrogen and oxygen atoms in total. The zero-order valence-corrected chi connectivity index (χ0v) is 15.2. The number of benzene rings is 2. The molecule has 27 heavy (non-hydrogen) atoms. The van der Waals surface area contributed by atoms with Gasteiger partial charge in [-0.25, -0.2) is 9.69 Å². The van der Waals surface area contributed by atoms with E-state index in [-0.39, 0.29) is 0 Å². The van der Waals surface area contributed by atoms with Gasteiger partial charge in [-0.1, -0.05) is 12.1 Å². The number of urea groups is 1. The molecule has 1 aliphatic heterocycles. The Morgan fingerprint density at radius 1 is 1.07 bits per heavy atom. The zero-order chi connectivity index (χ0) is 19.6. The van der Waals surface area contributed by atoms with Gasteiger partial charge in [0.15, 0.2) is 5.92 Å². The monoisotopic (exact) mass is 365 g/mol. The number of aliphatic imine (C=N–C) groups is 1. The van der Waals surface area contributed by atoms with E-state index in [9.17, 15) is 14.4 Å². The van der Waals surface area contributed by atoms with E-state index in [1.54, 1.807) is 30.3 Å². The van der Waals surface area contributed by atoms with Crippen molar-refractivity contribution in [2.24, 2.45) is 10.9 Å². The fourth-order valence-electron chi connectivity index (χ4n) is 2.68. The standard InChI is InChI=1S/C20H19N3O4/c1-12-7-8-14(9-13(12)2)21-11-17-18(24)22-20(26)23(19(17)25)15-5-4-6-16(10-15)27-3/h4-11,17H,1-3H3,(H,22,24,26)/t17-/m0/s1. The van der Waals surface area contributed by atoms with Gasteiger partial charge in [0.2, 0.25) is 5.91 Å². The Bertz CT molecular complexity index is 952. The highest BCUT2D eigenvalue weighted by molar-refractivity contribution is 6.32. The van der Waals surface area contributed by atoms with E-state index in [1.807, 2.05) is 26.0 Å². The predicted molar refractivity (Wildman–Crippen MR) is 102 cm³/mol. The average molecular weight is 365 g/mol. The van der Waals surface area contributed by atoms with E-state index in [0.29, 0.717) is 17.1 Å². The van der Waals surface area contributed by atoms with E-state index >= 15 is 0 Å². The minimum absolute atomic E-state index is 0.314. The lowest BCUT2D eigenvalue weighted by Gasteiger charge is -2.28. The largest absolute Gasteiger partial charge is 0.497 e. The molecule has 0 aromatic heterocycles. The molecule has 2 aromatic carbocycles. The Morgan fingerprint density at radius 2 is 1.85 bits per heavy atom. The van der Waals surface area contributed by atoms with E-state index in [0.717, 1.165) is 16.0 Å². The zero-order valence-electron chi connectivity index (χ0n) is 15.2. The third-order valence-corrected chi connectivity index (χ3v) is 4.38. The first-order chi connectivity index (χ1) is 12.9. The van der Waals surface area contributed by atoms with Gasteiger partial charge >= 0.3 is 6.03 Å². The molecule has 4 amide bonds. The fraction of sp³-hybridized carbons (Fsp3) is 0.200. The van der Waals surface area contributed by atoms with E-state index in [4.69, 9.17) is 4.74 Å². The van der Waals surface area contributed by atoms with Crippen LogP contribution in [0, 0.1) is 19.8 Å². The first-order valence-electron chi connectivity index (χ1n) is 8.35. The molecule has 138 valence electrons. The highest BCUT2D eigenvalue weighted by atomic mass is 16.5. The van der Waals surface area contributed by atoms with Gasteiger partial charge in [0.1, 0.15) is 5.75 Å². The molecule has 1 saturated heterocycles. The van der Waals surface area contributed by atoms with Crippen LogP contribution >= 0.6 is 0 Å². The molecular weight excluding hydrogens is 346 g/mol. The summed E-state index contributed by atoms with van der Waals surface area (Å²) in [5.74, 6) is -2.07. The number of amides is 4. The maximum Gasteiger partial charge on any atom is 0.335 e. The number of carbonyl (C=O) groups excluding carboxylic acids is 3. The van der Waals surface area contributed by atoms with Crippen molar-refractivity contribution in [1.29, 1.82) is 0 Å². The van der Waals surface area contributed by atoms with Crippen molar-refractivity contribution in [2.75, 3.05) is 12.0 Å². The highest BCUT2D eigenvalue weighted by Gasteiger charge is 2.40. The summed E-state index contributed by atoms with van der Waals surface area (Å²) in [7, 11) is 1.49. The lowest BCUT2D eigenvalue weighted by molar-refractivity contribution is -0.131. The second-order valence-corrected chi connectivity index (χ2v) is 6.19. The Labute approximate surface area is 156 Å². The van der Waals surface area contributed by atoms with Crippen LogP contribution in [0.5, 0.6) is 5.75 Å². The van der Waals surface area contributed by atoms with Crippen molar-refractivity contribution in [3.8, 4) is 5.75 Å². The number of methoxy groups -OCH3 is 1. The molecule has 3 rings (SSSR count). The minimum Gasteiger partial charge on any atom is -0.497 e. The number of anilines is 1. The normalized spacial score (nSPS) is 17.4. The second-order valence-electron chi connectivity index (χ2n) is 6.19. The number of hydrogen-bond acceptors (Lipinski definition) is 5. The van der Waals surface area contributed by atoms with Crippen LogP contribution in [0.25, 0.3) is 0 Å². The number of aryl methyl sites for hydroxylation is 2. The van der Waals surface area contributed by atoms with Gasteiger partial charge in [0, 0.05) is 12.3 Å². The van der Waals surface area contributed by atoms with Gasteiger partial charge in [-0.15, -0.1) is 0 Å². The van der Waals surface area contributed by atoms with Gasteiger partial charge in [-0.2, -0.15) is 0 Å². The van der Waals surface area contributed by atoms with Crippen LogP contribution in [-0.2, 0) is 9.59 Å². The maximum absolute atomic E-state index is 12.8. The van der Waals surface area contributed by atoms with Crippen molar-refractivity contribution in [2.45, 2.75) is 13.8 Å². The van der Waals surface area contributed by atoms with Gasteiger partial charge in [-0.3, -0.25) is 19.9 Å². The van der Waals surface area contributed by atoms with Crippen molar-refractivity contribution in [1.82, 2.24) is 5.32 Å². The number of hydrogen-bond donors (Lipinski definition) is 1. The summed E-state index contributed by atoms with van der Waals surface area (Å²) in [4.78, 5) is 42.3. The Balaban J connectivity index is 1.90. The number of barbiturate groups is 1. The molecule has 2 aromatic rings. The van der Waals surface area contributed by atoms with E-state index < -0.39 is 23.8 Å². The van der Waals surface area contributed by atoms with Crippen LogP contribution in [0.3, 0.4) is 0 Å². The van der Waals surface area contributed by atoms with Gasteiger partial charge in [0.05, 0.1) is 18.5 Å². The number of ether oxygens (including phenoxy) is 1. The summed E-state index contributed by atoms with van der Waals surface area (Å²) in [6, 6.07) is 11.3. The lowest BCUT2D eigenvalue weighted by Crippen LogP contribution is -2.58. The third kappa shape index (κ3) is 3.72. The number of nitrogens with zero attached hydrogens (tertiary/aromatic N) is 2. The molecule has 1 atom stereocenters. The molecule has 0 unspecified atom stereocenters. The first-order valence-corrected chi connectivity index (χ1v) is 8.35. The molecule has 0 radical (unpaired) electrons. The van der Waals surface area contributed by atoms with Crippen molar-refractivity contribution in [3.05, 3.63) is 53.6 Å². The van der Waals surface area contributed by atoms with Crippen LogP contribution in [-0.4, -0.2) is 31.2 Å². The summed E-state index contributed by atoms with van der Waals surface area (Å²) >= 11 is 0. The van der Waals surface area contributed by atoms with Crippen molar-refractivity contribution in [3.63, 3.8) is 0 Å². The number of rotatable bonds is 4. The molecule has 1 heterocycles. The molecule has 1 aliphatic rings. The molecule has 0 aliphatic carbocycles. The van der Waals surface area contributed by atoms with E-state index in [2.05, 4.69) is 10.3 Å². The summed E-state index contributed by atoms with van der Waals surface area (Å²) in [5, 5.41) is 2.20. The lowest BCUT2D eigenvalue weighted by atomic mass is 10.1. The molecule has 1 N–H and O–H groups in total.